The first-order chi connectivity index (χ1) is 8.52. The van der Waals surface area contributed by atoms with Crippen LogP contribution >= 0.6 is 0 Å². The van der Waals surface area contributed by atoms with Gasteiger partial charge in [-0.25, -0.2) is 0 Å². The van der Waals surface area contributed by atoms with E-state index < -0.39 is 0 Å². The zero-order valence-electron chi connectivity index (χ0n) is 10.9. The summed E-state index contributed by atoms with van der Waals surface area (Å²) in [5.74, 6) is -0.168. The summed E-state index contributed by atoms with van der Waals surface area (Å²) in [6, 6.07) is 12.1. The molecule has 3 nitrogen and oxygen atoms in total. The van der Waals surface area contributed by atoms with Crippen LogP contribution < -0.4 is 5.32 Å². The van der Waals surface area contributed by atoms with Crippen molar-refractivity contribution in [2.45, 2.75) is 44.1 Å². The van der Waals surface area contributed by atoms with Crippen molar-refractivity contribution in [2.24, 2.45) is 0 Å². The number of nitrogens with one attached hydrogen (secondary N) is 1. The van der Waals surface area contributed by atoms with Crippen molar-refractivity contribution in [2.75, 3.05) is 0 Å². The highest BCUT2D eigenvalue weighted by molar-refractivity contribution is 5.79. The molecule has 3 heteroatoms. The van der Waals surface area contributed by atoms with E-state index in [0.717, 1.165) is 12.8 Å². The molecular weight excluding hydrogens is 224 g/mol. The van der Waals surface area contributed by atoms with Crippen LogP contribution in [0.4, 0.5) is 0 Å². The molecule has 1 amide bonds. The highest BCUT2D eigenvalue weighted by Gasteiger charge is 2.55. The molecule has 0 aromatic heterocycles. The van der Waals surface area contributed by atoms with E-state index in [1.807, 2.05) is 24.3 Å². The summed E-state index contributed by atoms with van der Waals surface area (Å²) in [6.07, 6.45) is 1.89. The molecule has 1 saturated carbocycles. The van der Waals surface area contributed by atoms with E-state index in [0.29, 0.717) is 0 Å². The molecule has 0 radical (unpaired) electrons. The molecule has 0 bridgehead atoms. The molecule has 0 saturated heterocycles. The normalized spacial score (nSPS) is 16.7. The van der Waals surface area contributed by atoms with Crippen LogP contribution in [0.2, 0.25) is 0 Å². The first kappa shape index (κ1) is 12.6. The Morgan fingerprint density at radius 1 is 1.39 bits per heavy atom. The van der Waals surface area contributed by atoms with Crippen LogP contribution in [-0.2, 0) is 10.2 Å². The Bertz CT molecular complexity index is 481. The first-order valence-electron chi connectivity index (χ1n) is 6.25. The van der Waals surface area contributed by atoms with Crippen molar-refractivity contribution in [1.29, 1.82) is 5.26 Å². The third-order valence-corrected chi connectivity index (χ3v) is 4.06. The molecule has 1 aliphatic rings. The molecule has 94 valence electrons. The molecule has 0 unspecified atom stereocenters. The average Bonchev–Trinajstić information content (AvgIpc) is 3.12. The van der Waals surface area contributed by atoms with Gasteiger partial charge in [0.2, 0.25) is 5.91 Å². The molecule has 0 atom stereocenters. The van der Waals surface area contributed by atoms with Crippen molar-refractivity contribution in [1.82, 2.24) is 5.32 Å². The van der Waals surface area contributed by atoms with Crippen LogP contribution in [0.25, 0.3) is 0 Å². The predicted molar refractivity (Wildman–Crippen MR) is 69.8 cm³/mol. The molecule has 18 heavy (non-hydrogen) atoms. The van der Waals surface area contributed by atoms with Gasteiger partial charge in [-0.15, -0.1) is 0 Å². The van der Waals surface area contributed by atoms with E-state index in [-0.39, 0.29) is 23.3 Å². The van der Waals surface area contributed by atoms with E-state index in [1.54, 1.807) is 0 Å². The fourth-order valence-electron chi connectivity index (χ4n) is 2.55. The lowest BCUT2D eigenvalue weighted by Crippen LogP contribution is -2.49. The fourth-order valence-corrected chi connectivity index (χ4v) is 2.55. The van der Waals surface area contributed by atoms with Crippen LogP contribution in [-0.4, -0.2) is 11.4 Å². The number of hydrogen-bond acceptors (Lipinski definition) is 2. The van der Waals surface area contributed by atoms with Gasteiger partial charge in [0.15, 0.2) is 0 Å². The molecule has 1 aromatic carbocycles. The smallest absolute Gasteiger partial charge is 0.234 e. The molecule has 2 rings (SSSR count). The van der Waals surface area contributed by atoms with Crippen LogP contribution in [0.1, 0.15) is 38.7 Å². The van der Waals surface area contributed by atoms with Gasteiger partial charge in [-0.2, -0.15) is 5.26 Å². The first-order valence-corrected chi connectivity index (χ1v) is 6.25. The Balaban J connectivity index is 2.20. The summed E-state index contributed by atoms with van der Waals surface area (Å²) in [5.41, 5.74) is 0.932. The van der Waals surface area contributed by atoms with Gasteiger partial charge in [0.25, 0.3) is 0 Å². The lowest BCUT2D eigenvalue weighted by atomic mass is 9.75. The van der Waals surface area contributed by atoms with Crippen molar-refractivity contribution >= 4 is 5.91 Å². The number of carbonyl (C=O) groups excluding carboxylic acids is 1. The van der Waals surface area contributed by atoms with Gasteiger partial charge in [0, 0.05) is 11.0 Å². The molecule has 1 fully saturated rings. The minimum absolute atomic E-state index is 0.0629. The monoisotopic (exact) mass is 242 g/mol. The van der Waals surface area contributed by atoms with Crippen LogP contribution in [0.3, 0.4) is 0 Å². The maximum atomic E-state index is 11.6. The standard InChI is InChI=1S/C15H18N2O/c1-14(2,12-6-4-3-5-7-12)15(9-10-15)17-13(18)8-11-16/h3-7H,8-10H2,1-2H3,(H,17,18). The van der Waals surface area contributed by atoms with Gasteiger partial charge in [-0.3, -0.25) is 4.79 Å². The summed E-state index contributed by atoms with van der Waals surface area (Å²) in [7, 11) is 0. The fraction of sp³-hybridized carbons (Fsp3) is 0.467. The van der Waals surface area contributed by atoms with Crippen molar-refractivity contribution < 1.29 is 4.79 Å². The maximum absolute atomic E-state index is 11.6. The Kier molecular flexibility index (Phi) is 3.13. The second kappa shape index (κ2) is 4.45. The second-order valence-electron chi connectivity index (χ2n) is 5.46. The van der Waals surface area contributed by atoms with Gasteiger partial charge in [0.1, 0.15) is 6.42 Å². The predicted octanol–water partition coefficient (Wildman–Crippen LogP) is 2.53. The number of nitrogens with zero attached hydrogens (tertiary/aromatic N) is 1. The third kappa shape index (κ3) is 2.11. The Morgan fingerprint density at radius 2 is 2.00 bits per heavy atom. The lowest BCUT2D eigenvalue weighted by molar-refractivity contribution is -0.121. The molecule has 0 spiro atoms. The molecule has 1 aromatic rings. The molecular formula is C15H18N2O. The van der Waals surface area contributed by atoms with Crippen LogP contribution in [0.5, 0.6) is 0 Å². The number of carbonyl (C=O) groups is 1. The molecule has 1 aliphatic carbocycles. The molecule has 0 aliphatic heterocycles. The van der Waals surface area contributed by atoms with Gasteiger partial charge in [0.05, 0.1) is 6.07 Å². The van der Waals surface area contributed by atoms with E-state index in [2.05, 4.69) is 31.3 Å². The molecule has 0 heterocycles. The van der Waals surface area contributed by atoms with E-state index >= 15 is 0 Å². The summed E-state index contributed by atoms with van der Waals surface area (Å²) in [5, 5.41) is 11.6. The van der Waals surface area contributed by atoms with Gasteiger partial charge >= 0.3 is 0 Å². The van der Waals surface area contributed by atoms with E-state index in [9.17, 15) is 4.79 Å². The highest BCUT2D eigenvalue weighted by atomic mass is 16.1. The zero-order chi connectivity index (χ0) is 13.2. The second-order valence-corrected chi connectivity index (χ2v) is 5.46. The summed E-state index contributed by atoms with van der Waals surface area (Å²) in [6.45, 7) is 4.31. The van der Waals surface area contributed by atoms with Gasteiger partial charge in [-0.05, 0) is 18.4 Å². The van der Waals surface area contributed by atoms with Gasteiger partial charge < -0.3 is 5.32 Å². The number of nitriles is 1. The minimum Gasteiger partial charge on any atom is -0.349 e. The maximum Gasteiger partial charge on any atom is 0.234 e. The lowest BCUT2D eigenvalue weighted by Gasteiger charge is -2.36. The number of hydrogen-bond donors (Lipinski definition) is 1. The number of amides is 1. The summed E-state index contributed by atoms with van der Waals surface area (Å²) >= 11 is 0. The largest absolute Gasteiger partial charge is 0.349 e. The quantitative estimate of drug-likeness (QED) is 0.882. The van der Waals surface area contributed by atoms with E-state index in [1.165, 1.54) is 5.56 Å². The Hall–Kier alpha value is -1.82. The topological polar surface area (TPSA) is 52.9 Å². The van der Waals surface area contributed by atoms with Crippen LogP contribution in [0.15, 0.2) is 30.3 Å². The SMILES string of the molecule is CC(C)(c1ccccc1)C1(NC(=O)CC#N)CC1. The van der Waals surface area contributed by atoms with Crippen molar-refractivity contribution in [3.8, 4) is 6.07 Å². The zero-order valence-corrected chi connectivity index (χ0v) is 10.9. The Labute approximate surface area is 108 Å². The number of rotatable bonds is 4. The van der Waals surface area contributed by atoms with Crippen molar-refractivity contribution in [3.63, 3.8) is 0 Å². The highest BCUT2D eigenvalue weighted by Crippen LogP contribution is 2.51. The average molecular weight is 242 g/mol. The van der Waals surface area contributed by atoms with Gasteiger partial charge in [-0.1, -0.05) is 44.2 Å². The molecule has 1 N–H and O–H groups in total. The third-order valence-electron chi connectivity index (χ3n) is 4.06. The number of benzene rings is 1. The Morgan fingerprint density at radius 3 is 2.50 bits per heavy atom. The summed E-state index contributed by atoms with van der Waals surface area (Å²) < 4.78 is 0. The van der Waals surface area contributed by atoms with E-state index in [4.69, 9.17) is 5.26 Å². The summed E-state index contributed by atoms with van der Waals surface area (Å²) in [4.78, 5) is 11.6. The van der Waals surface area contributed by atoms with Crippen LogP contribution in [0, 0.1) is 11.3 Å². The minimum atomic E-state index is -0.178. The van der Waals surface area contributed by atoms with Crippen molar-refractivity contribution in [3.05, 3.63) is 35.9 Å².